The highest BCUT2D eigenvalue weighted by Gasteiger charge is 2.37. The minimum Gasteiger partial charge on any atom is -0.480 e. The van der Waals surface area contributed by atoms with E-state index in [1.165, 1.54) is 0 Å². The molecule has 12 N–H and O–H groups in total. The predicted molar refractivity (Wildman–Crippen MR) is 230 cm³/mol. The van der Waals surface area contributed by atoms with E-state index >= 15 is 0 Å². The number of nitrogens with zero attached hydrogens (tertiary/aromatic N) is 4. The second-order valence-corrected chi connectivity index (χ2v) is 15.7. The van der Waals surface area contributed by atoms with E-state index in [1.54, 1.807) is 68.1 Å². The highest BCUT2D eigenvalue weighted by molar-refractivity contribution is 5.70. The predicted octanol–water partition coefficient (Wildman–Crippen LogP) is 2.32. The minimum atomic E-state index is -1.11. The highest BCUT2D eigenvalue weighted by Crippen LogP contribution is 2.24. The van der Waals surface area contributed by atoms with E-state index in [4.69, 9.17) is 22.9 Å². The molecule has 4 aromatic carbocycles. The third-order valence-corrected chi connectivity index (χ3v) is 11.0. The summed E-state index contributed by atoms with van der Waals surface area (Å²) in [7, 11) is 0. The average molecular weight is 825 g/mol. The number of carboxylic acid groups (broad SMARTS) is 4. The fourth-order valence-corrected chi connectivity index (χ4v) is 8.09. The average Bonchev–Trinajstić information content (AvgIpc) is 3.18. The SMILES string of the molecule is Nc1ccc(C[C@H]2CN(CC(=O)O)[C@@H](Cc3ccc(N)cc3)CN(CC(=O)O)[C@@H](Cc3ccc(N)cc3)CN(CC(=O)O)[C@@H](Cc3ccc(N)cc3)CN2CC(=O)O)cc1. The summed E-state index contributed by atoms with van der Waals surface area (Å²) >= 11 is 0. The van der Waals surface area contributed by atoms with E-state index in [0.29, 0.717) is 48.4 Å². The van der Waals surface area contributed by atoms with Crippen LogP contribution in [0, 0.1) is 0 Å². The van der Waals surface area contributed by atoms with Gasteiger partial charge in [-0.05, 0) is 96.5 Å². The van der Waals surface area contributed by atoms with Gasteiger partial charge in [-0.25, -0.2) is 0 Å². The van der Waals surface area contributed by atoms with Gasteiger partial charge < -0.3 is 43.4 Å². The Hall–Kier alpha value is -6.20. The third-order valence-electron chi connectivity index (χ3n) is 11.0. The van der Waals surface area contributed by atoms with Crippen molar-refractivity contribution in [2.75, 3.05) is 75.3 Å². The van der Waals surface area contributed by atoms with Crippen LogP contribution in [0.4, 0.5) is 22.7 Å². The molecule has 0 spiro atoms. The van der Waals surface area contributed by atoms with Crippen LogP contribution in [-0.2, 0) is 44.9 Å². The van der Waals surface area contributed by atoms with Crippen molar-refractivity contribution in [1.82, 2.24) is 19.6 Å². The fourth-order valence-electron chi connectivity index (χ4n) is 8.09. The Labute approximate surface area is 349 Å². The molecule has 1 saturated heterocycles. The van der Waals surface area contributed by atoms with Crippen LogP contribution in [0.1, 0.15) is 22.3 Å². The van der Waals surface area contributed by atoms with Crippen molar-refractivity contribution in [3.8, 4) is 0 Å². The molecule has 1 heterocycles. The van der Waals surface area contributed by atoms with Crippen LogP contribution in [0.5, 0.6) is 0 Å². The lowest BCUT2D eigenvalue weighted by atomic mass is 9.95. The van der Waals surface area contributed by atoms with E-state index in [1.807, 2.05) is 48.5 Å². The Morgan fingerprint density at radius 2 is 0.533 bits per heavy atom. The Balaban J connectivity index is 1.74. The van der Waals surface area contributed by atoms with E-state index < -0.39 is 74.2 Å². The lowest BCUT2D eigenvalue weighted by Gasteiger charge is -2.45. The molecular formula is C44H56N8O8. The van der Waals surface area contributed by atoms with Crippen molar-refractivity contribution in [1.29, 1.82) is 0 Å². The number of aliphatic carboxylic acids is 4. The molecular weight excluding hydrogens is 769 g/mol. The molecule has 16 heteroatoms. The number of nitrogen functional groups attached to an aromatic ring is 4. The van der Waals surface area contributed by atoms with Gasteiger partial charge in [0.15, 0.2) is 0 Å². The van der Waals surface area contributed by atoms with Crippen molar-refractivity contribution >= 4 is 46.6 Å². The molecule has 0 amide bonds. The monoisotopic (exact) mass is 824 g/mol. The Morgan fingerprint density at radius 3 is 0.683 bits per heavy atom. The highest BCUT2D eigenvalue weighted by atomic mass is 16.4. The zero-order valence-corrected chi connectivity index (χ0v) is 33.6. The van der Waals surface area contributed by atoms with Gasteiger partial charge in [-0.15, -0.1) is 0 Å². The van der Waals surface area contributed by atoms with Crippen LogP contribution in [0.3, 0.4) is 0 Å². The van der Waals surface area contributed by atoms with E-state index in [2.05, 4.69) is 0 Å². The Kier molecular flexibility index (Phi) is 15.8. The summed E-state index contributed by atoms with van der Waals surface area (Å²) in [6.07, 6.45) is 1.18. The molecule has 0 unspecified atom stereocenters. The molecule has 0 aromatic heterocycles. The number of hydrogen-bond donors (Lipinski definition) is 8. The van der Waals surface area contributed by atoms with Crippen LogP contribution in [-0.4, -0.2) is 140 Å². The molecule has 1 fully saturated rings. The molecule has 1 aliphatic heterocycles. The van der Waals surface area contributed by atoms with Gasteiger partial charge in [0.1, 0.15) is 0 Å². The molecule has 320 valence electrons. The van der Waals surface area contributed by atoms with Crippen LogP contribution in [0.25, 0.3) is 0 Å². The van der Waals surface area contributed by atoms with Crippen LogP contribution in [0.15, 0.2) is 97.1 Å². The van der Waals surface area contributed by atoms with E-state index in [-0.39, 0.29) is 26.2 Å². The Bertz CT molecular complexity index is 1740. The quantitative estimate of drug-likeness (QED) is 0.0754. The molecule has 4 atom stereocenters. The van der Waals surface area contributed by atoms with Gasteiger partial charge in [0, 0.05) is 73.1 Å². The van der Waals surface area contributed by atoms with Gasteiger partial charge in [0.25, 0.3) is 0 Å². The molecule has 0 aliphatic carbocycles. The maximum atomic E-state index is 12.8. The molecule has 5 rings (SSSR count). The molecule has 0 saturated carbocycles. The van der Waals surface area contributed by atoms with Crippen LogP contribution in [0.2, 0.25) is 0 Å². The van der Waals surface area contributed by atoms with Gasteiger partial charge in [-0.2, -0.15) is 0 Å². The standard InChI is InChI=1S/C44H56N8O8/c45-33-9-1-29(2-10-33)17-37-21-50(26-42(55)56)39(19-31-5-13-35(47)14-6-31)23-52(28-44(59)60)40(20-32-7-15-36(48)16-8-32)24-51(27-43(57)58)38(22-49(37)25-41(53)54)18-30-3-11-34(46)12-4-30/h1-16,37-40H,17-28,45-48H2,(H,53,54)(H,55,56)(H,57,58)(H,59,60)/t37-,38-,39-,40-/m0/s1. The van der Waals surface area contributed by atoms with E-state index in [0.717, 1.165) is 22.3 Å². The summed E-state index contributed by atoms with van der Waals surface area (Å²) in [6, 6.07) is 26.3. The summed E-state index contributed by atoms with van der Waals surface area (Å²) in [5.74, 6) is -4.45. The molecule has 0 radical (unpaired) electrons. The second-order valence-electron chi connectivity index (χ2n) is 15.7. The number of carbonyl (C=O) groups is 4. The summed E-state index contributed by atoms with van der Waals surface area (Å²) in [6.45, 7) is -1.43. The number of nitrogens with two attached hydrogens (primary N) is 4. The lowest BCUT2D eigenvalue weighted by Crippen LogP contribution is -2.61. The number of rotatable bonds is 16. The van der Waals surface area contributed by atoms with Crippen molar-refractivity contribution < 1.29 is 39.6 Å². The Morgan fingerprint density at radius 1 is 0.367 bits per heavy atom. The maximum absolute atomic E-state index is 12.8. The smallest absolute Gasteiger partial charge is 0.317 e. The summed E-state index contributed by atoms with van der Waals surface area (Å²) in [5.41, 5.74) is 29.6. The van der Waals surface area contributed by atoms with E-state index in [9.17, 15) is 39.6 Å². The number of carboxylic acids is 4. The lowest BCUT2D eigenvalue weighted by molar-refractivity contribution is -0.144. The number of benzene rings is 4. The van der Waals surface area contributed by atoms with Crippen LogP contribution >= 0.6 is 0 Å². The second kappa shape index (κ2) is 21.2. The fraction of sp³-hybridized carbons (Fsp3) is 0.364. The first-order valence-electron chi connectivity index (χ1n) is 19.8. The van der Waals surface area contributed by atoms with Gasteiger partial charge in [0.05, 0.1) is 26.2 Å². The molecule has 16 nitrogen and oxygen atoms in total. The molecule has 1 aliphatic rings. The zero-order chi connectivity index (χ0) is 43.3. The van der Waals surface area contributed by atoms with Gasteiger partial charge in [0.2, 0.25) is 0 Å². The van der Waals surface area contributed by atoms with Gasteiger partial charge in [-0.1, -0.05) is 48.5 Å². The molecule has 0 bridgehead atoms. The van der Waals surface area contributed by atoms with Crippen molar-refractivity contribution in [3.05, 3.63) is 119 Å². The summed E-state index contributed by atoms with van der Waals surface area (Å²) in [5, 5.41) is 41.8. The van der Waals surface area contributed by atoms with Gasteiger partial charge in [-0.3, -0.25) is 38.8 Å². The first-order valence-corrected chi connectivity index (χ1v) is 19.8. The van der Waals surface area contributed by atoms with Gasteiger partial charge >= 0.3 is 23.9 Å². The topological polar surface area (TPSA) is 266 Å². The van der Waals surface area contributed by atoms with Crippen molar-refractivity contribution in [2.45, 2.75) is 49.9 Å². The summed E-state index contributed by atoms with van der Waals surface area (Å²) in [4.78, 5) is 58.4. The first-order chi connectivity index (χ1) is 28.6. The first kappa shape index (κ1) is 44.9. The molecule has 4 aromatic rings. The maximum Gasteiger partial charge on any atom is 0.317 e. The normalized spacial score (nSPS) is 20.1. The number of anilines is 4. The zero-order valence-electron chi connectivity index (χ0n) is 33.6. The number of hydrogen-bond acceptors (Lipinski definition) is 12. The molecule has 60 heavy (non-hydrogen) atoms. The third kappa shape index (κ3) is 14.0. The van der Waals surface area contributed by atoms with Crippen LogP contribution < -0.4 is 22.9 Å². The summed E-state index contributed by atoms with van der Waals surface area (Å²) < 4.78 is 0. The van der Waals surface area contributed by atoms with Crippen molar-refractivity contribution in [3.63, 3.8) is 0 Å². The largest absolute Gasteiger partial charge is 0.480 e. The van der Waals surface area contributed by atoms with Crippen molar-refractivity contribution in [2.24, 2.45) is 0 Å². The minimum absolute atomic E-state index is 0.0701.